The van der Waals surface area contributed by atoms with Gasteiger partial charge in [-0.15, -0.1) is 0 Å². The number of phenols is 1. The van der Waals surface area contributed by atoms with Crippen LogP contribution >= 0.6 is 0 Å². The highest BCUT2D eigenvalue weighted by atomic mass is 16.5. The summed E-state index contributed by atoms with van der Waals surface area (Å²) in [6.45, 7) is 2.94. The van der Waals surface area contributed by atoms with Crippen molar-refractivity contribution >= 4 is 11.6 Å². The van der Waals surface area contributed by atoms with E-state index in [0.717, 1.165) is 11.3 Å². The van der Waals surface area contributed by atoms with Crippen molar-refractivity contribution in [3.05, 3.63) is 53.6 Å². The highest BCUT2D eigenvalue weighted by molar-refractivity contribution is 5.93. The highest BCUT2D eigenvalue weighted by Gasteiger charge is 2.04. The lowest BCUT2D eigenvalue weighted by atomic mass is 10.1. The van der Waals surface area contributed by atoms with Crippen LogP contribution in [0.2, 0.25) is 0 Å². The van der Waals surface area contributed by atoms with Crippen LogP contribution in [-0.2, 0) is 6.54 Å². The zero-order valence-corrected chi connectivity index (χ0v) is 11.8. The molecule has 5 heteroatoms. The van der Waals surface area contributed by atoms with Crippen molar-refractivity contribution in [1.29, 1.82) is 0 Å². The standard InChI is InChI=1S/C16H18N2O3/c1-2-21-15-9-11(3-8-14(15)19)10-18-13-6-4-12(5-7-13)16(17)20/h3-9,18-19H,2,10H2,1H3,(H2,17,20). The summed E-state index contributed by atoms with van der Waals surface area (Å²) in [6, 6.07) is 12.2. The van der Waals surface area contributed by atoms with Crippen LogP contribution in [0.25, 0.3) is 0 Å². The van der Waals surface area contributed by atoms with Crippen LogP contribution in [0, 0.1) is 0 Å². The van der Waals surface area contributed by atoms with Gasteiger partial charge in [-0.2, -0.15) is 0 Å². The van der Waals surface area contributed by atoms with Crippen molar-refractivity contribution in [3.63, 3.8) is 0 Å². The van der Waals surface area contributed by atoms with E-state index in [1.54, 1.807) is 36.4 Å². The van der Waals surface area contributed by atoms with E-state index in [2.05, 4.69) is 5.32 Å². The van der Waals surface area contributed by atoms with Crippen molar-refractivity contribution in [2.24, 2.45) is 5.73 Å². The van der Waals surface area contributed by atoms with E-state index in [-0.39, 0.29) is 5.75 Å². The molecular formula is C16H18N2O3. The van der Waals surface area contributed by atoms with Crippen LogP contribution in [-0.4, -0.2) is 17.6 Å². The molecule has 5 nitrogen and oxygen atoms in total. The van der Waals surface area contributed by atoms with Crippen molar-refractivity contribution in [2.45, 2.75) is 13.5 Å². The van der Waals surface area contributed by atoms with E-state index in [9.17, 15) is 9.90 Å². The number of carbonyl (C=O) groups is 1. The fraction of sp³-hybridized carbons (Fsp3) is 0.188. The average Bonchev–Trinajstić information content (AvgIpc) is 2.48. The number of primary amides is 1. The predicted octanol–water partition coefficient (Wildman–Crippen LogP) is 2.50. The monoisotopic (exact) mass is 286 g/mol. The number of hydrogen-bond donors (Lipinski definition) is 3. The van der Waals surface area contributed by atoms with Crippen molar-refractivity contribution in [2.75, 3.05) is 11.9 Å². The van der Waals surface area contributed by atoms with Crippen LogP contribution in [0.1, 0.15) is 22.8 Å². The molecule has 0 spiro atoms. The third kappa shape index (κ3) is 3.89. The molecule has 1 amide bonds. The lowest BCUT2D eigenvalue weighted by Gasteiger charge is -2.10. The molecule has 0 bridgehead atoms. The molecule has 110 valence electrons. The molecule has 0 saturated carbocycles. The van der Waals surface area contributed by atoms with Gasteiger partial charge in [-0.3, -0.25) is 4.79 Å². The van der Waals surface area contributed by atoms with E-state index >= 15 is 0 Å². The number of amides is 1. The fourth-order valence-corrected chi connectivity index (χ4v) is 1.90. The van der Waals surface area contributed by atoms with Crippen molar-refractivity contribution in [1.82, 2.24) is 0 Å². The minimum atomic E-state index is -0.443. The van der Waals surface area contributed by atoms with Gasteiger partial charge in [0.25, 0.3) is 0 Å². The minimum Gasteiger partial charge on any atom is -0.504 e. The summed E-state index contributed by atoms with van der Waals surface area (Å²) in [6.07, 6.45) is 0. The number of carbonyl (C=O) groups excluding carboxylic acids is 1. The lowest BCUT2D eigenvalue weighted by molar-refractivity contribution is 0.100. The van der Waals surface area contributed by atoms with Gasteiger partial charge in [0.15, 0.2) is 11.5 Å². The summed E-state index contributed by atoms with van der Waals surface area (Å²) in [7, 11) is 0. The van der Waals surface area contributed by atoms with E-state index < -0.39 is 5.91 Å². The summed E-state index contributed by atoms with van der Waals surface area (Å²) >= 11 is 0. The molecule has 21 heavy (non-hydrogen) atoms. The fourth-order valence-electron chi connectivity index (χ4n) is 1.90. The number of rotatable bonds is 6. The maximum atomic E-state index is 11.0. The number of phenolic OH excluding ortho intramolecular Hbond substituents is 1. The highest BCUT2D eigenvalue weighted by Crippen LogP contribution is 2.27. The first-order valence-electron chi connectivity index (χ1n) is 6.68. The second-order valence-corrected chi connectivity index (χ2v) is 4.53. The second-order valence-electron chi connectivity index (χ2n) is 4.53. The van der Waals surface area contributed by atoms with Crippen molar-refractivity contribution < 1.29 is 14.6 Å². The quantitative estimate of drug-likeness (QED) is 0.761. The summed E-state index contributed by atoms with van der Waals surface area (Å²) in [5.41, 5.74) is 7.53. The van der Waals surface area contributed by atoms with Gasteiger partial charge in [-0.25, -0.2) is 0 Å². The molecule has 0 aliphatic carbocycles. The number of hydrogen-bond acceptors (Lipinski definition) is 4. The smallest absolute Gasteiger partial charge is 0.248 e. The number of aromatic hydroxyl groups is 1. The van der Waals surface area contributed by atoms with E-state index in [1.165, 1.54) is 0 Å². The third-order valence-corrected chi connectivity index (χ3v) is 2.99. The van der Waals surface area contributed by atoms with Gasteiger partial charge in [0, 0.05) is 17.8 Å². The molecule has 0 saturated heterocycles. The van der Waals surface area contributed by atoms with E-state index in [0.29, 0.717) is 24.5 Å². The molecule has 0 heterocycles. The van der Waals surface area contributed by atoms with E-state index in [1.807, 2.05) is 13.0 Å². The third-order valence-electron chi connectivity index (χ3n) is 2.99. The average molecular weight is 286 g/mol. The van der Waals surface area contributed by atoms with Gasteiger partial charge in [-0.1, -0.05) is 6.07 Å². The summed E-state index contributed by atoms with van der Waals surface area (Å²) in [5, 5.41) is 12.9. The molecule has 0 aromatic heterocycles. The Morgan fingerprint density at radius 2 is 1.95 bits per heavy atom. The van der Waals surface area contributed by atoms with Crippen LogP contribution in [0.15, 0.2) is 42.5 Å². The second kappa shape index (κ2) is 6.65. The predicted molar refractivity (Wildman–Crippen MR) is 81.6 cm³/mol. The Morgan fingerprint density at radius 3 is 2.57 bits per heavy atom. The van der Waals surface area contributed by atoms with Crippen LogP contribution in [0.5, 0.6) is 11.5 Å². The van der Waals surface area contributed by atoms with Gasteiger partial charge in [-0.05, 0) is 48.9 Å². The molecule has 0 aliphatic heterocycles. The Morgan fingerprint density at radius 1 is 1.24 bits per heavy atom. The first-order valence-corrected chi connectivity index (χ1v) is 6.68. The molecule has 2 rings (SSSR count). The Labute approximate surface area is 123 Å². The molecule has 2 aromatic rings. The summed E-state index contributed by atoms with van der Waals surface area (Å²) in [5.74, 6) is 0.161. The first kappa shape index (κ1) is 14.7. The topological polar surface area (TPSA) is 84.6 Å². The van der Waals surface area contributed by atoms with Gasteiger partial charge in [0.05, 0.1) is 6.61 Å². The molecule has 0 atom stereocenters. The number of nitrogens with one attached hydrogen (secondary N) is 1. The van der Waals surface area contributed by atoms with E-state index in [4.69, 9.17) is 10.5 Å². The molecule has 4 N–H and O–H groups in total. The maximum Gasteiger partial charge on any atom is 0.248 e. The lowest BCUT2D eigenvalue weighted by Crippen LogP contribution is -2.10. The summed E-state index contributed by atoms with van der Waals surface area (Å²) < 4.78 is 5.34. The van der Waals surface area contributed by atoms with Crippen LogP contribution in [0.3, 0.4) is 0 Å². The first-order chi connectivity index (χ1) is 10.1. The van der Waals surface area contributed by atoms with Gasteiger partial charge >= 0.3 is 0 Å². The van der Waals surface area contributed by atoms with Gasteiger partial charge < -0.3 is 20.9 Å². The zero-order chi connectivity index (χ0) is 15.2. The molecular weight excluding hydrogens is 268 g/mol. The van der Waals surface area contributed by atoms with Gasteiger partial charge in [0.1, 0.15) is 0 Å². The Bertz CT molecular complexity index is 624. The molecule has 0 aliphatic rings. The molecule has 0 fully saturated rings. The van der Waals surface area contributed by atoms with Crippen LogP contribution < -0.4 is 15.8 Å². The summed E-state index contributed by atoms with van der Waals surface area (Å²) in [4.78, 5) is 11.0. The Hall–Kier alpha value is -2.69. The Kier molecular flexibility index (Phi) is 4.66. The zero-order valence-electron chi connectivity index (χ0n) is 11.8. The van der Waals surface area contributed by atoms with Crippen LogP contribution in [0.4, 0.5) is 5.69 Å². The molecule has 0 unspecified atom stereocenters. The number of nitrogens with two attached hydrogens (primary N) is 1. The molecule has 0 radical (unpaired) electrons. The van der Waals surface area contributed by atoms with Gasteiger partial charge in [0.2, 0.25) is 5.91 Å². The minimum absolute atomic E-state index is 0.131. The maximum absolute atomic E-state index is 11.0. The van der Waals surface area contributed by atoms with Crippen molar-refractivity contribution in [3.8, 4) is 11.5 Å². The SMILES string of the molecule is CCOc1cc(CNc2ccc(C(N)=O)cc2)ccc1O. The normalized spacial score (nSPS) is 10.1. The number of benzene rings is 2. The number of ether oxygens (including phenoxy) is 1. The largest absolute Gasteiger partial charge is 0.504 e. The Balaban J connectivity index is 2.02. The number of anilines is 1. The molecule has 2 aromatic carbocycles.